The van der Waals surface area contributed by atoms with Crippen LogP contribution in [0.1, 0.15) is 24.4 Å². The van der Waals surface area contributed by atoms with Crippen molar-refractivity contribution in [1.29, 1.82) is 0 Å². The van der Waals surface area contributed by atoms with Crippen molar-refractivity contribution in [3.8, 4) is 5.75 Å². The highest BCUT2D eigenvalue weighted by atomic mass is 35.5. The number of benzene rings is 1. The van der Waals surface area contributed by atoms with E-state index in [1.165, 1.54) is 10.2 Å². The summed E-state index contributed by atoms with van der Waals surface area (Å²) in [5.41, 5.74) is 1.64. The van der Waals surface area contributed by atoms with E-state index in [0.29, 0.717) is 5.69 Å². The summed E-state index contributed by atoms with van der Waals surface area (Å²) in [7, 11) is 3.25. The summed E-state index contributed by atoms with van der Waals surface area (Å²) in [4.78, 5) is 14.2. The maximum Gasteiger partial charge on any atom is 0.287 e. The topological polar surface area (TPSA) is 47.4 Å². The van der Waals surface area contributed by atoms with Gasteiger partial charge >= 0.3 is 0 Å². The number of halogens is 1. The van der Waals surface area contributed by atoms with Gasteiger partial charge in [0.1, 0.15) is 10.8 Å². The predicted octanol–water partition coefficient (Wildman–Crippen LogP) is 2.78. The lowest BCUT2D eigenvalue weighted by molar-refractivity contribution is 0.414. The predicted molar refractivity (Wildman–Crippen MR) is 86.8 cm³/mol. The molecule has 1 aliphatic rings. The van der Waals surface area contributed by atoms with Crippen molar-refractivity contribution >= 4 is 17.3 Å². The molecule has 0 amide bonds. The number of methoxy groups -OCH3 is 1. The van der Waals surface area contributed by atoms with E-state index in [0.717, 1.165) is 25.1 Å². The van der Waals surface area contributed by atoms with Gasteiger partial charge in [-0.3, -0.25) is 4.79 Å². The SMILES string of the molecule is COc1ccc([C@H]2CCCN2c2cnn(C)c(=O)c2Cl)cc1. The Morgan fingerprint density at radius 1 is 1.32 bits per heavy atom. The average molecular weight is 320 g/mol. The molecule has 0 saturated carbocycles. The van der Waals surface area contributed by atoms with E-state index in [2.05, 4.69) is 22.1 Å². The molecule has 1 saturated heterocycles. The van der Waals surface area contributed by atoms with Gasteiger partial charge in [-0.1, -0.05) is 23.7 Å². The number of ether oxygens (including phenoxy) is 1. The third-order valence-electron chi connectivity index (χ3n) is 4.12. The van der Waals surface area contributed by atoms with Gasteiger partial charge < -0.3 is 9.64 Å². The van der Waals surface area contributed by atoms with Crippen LogP contribution < -0.4 is 15.2 Å². The number of hydrogen-bond donors (Lipinski definition) is 0. The zero-order valence-electron chi connectivity index (χ0n) is 12.6. The number of rotatable bonds is 3. The van der Waals surface area contributed by atoms with Crippen molar-refractivity contribution < 1.29 is 4.74 Å². The first-order chi connectivity index (χ1) is 10.6. The number of nitrogens with zero attached hydrogens (tertiary/aromatic N) is 3. The van der Waals surface area contributed by atoms with Gasteiger partial charge in [0.15, 0.2) is 0 Å². The summed E-state index contributed by atoms with van der Waals surface area (Å²) in [6.45, 7) is 0.866. The van der Waals surface area contributed by atoms with E-state index >= 15 is 0 Å². The van der Waals surface area contributed by atoms with Crippen LogP contribution in [0.15, 0.2) is 35.3 Å². The summed E-state index contributed by atoms with van der Waals surface area (Å²) in [6.07, 6.45) is 3.76. The summed E-state index contributed by atoms with van der Waals surface area (Å²) >= 11 is 6.24. The van der Waals surface area contributed by atoms with E-state index in [1.54, 1.807) is 20.4 Å². The molecule has 0 spiro atoms. The van der Waals surface area contributed by atoms with Gasteiger partial charge in [0.05, 0.1) is 25.0 Å². The number of anilines is 1. The van der Waals surface area contributed by atoms with E-state index in [1.807, 2.05) is 12.1 Å². The van der Waals surface area contributed by atoms with Gasteiger partial charge in [-0.25, -0.2) is 4.68 Å². The summed E-state index contributed by atoms with van der Waals surface area (Å²) in [6, 6.07) is 8.23. The molecule has 5 nitrogen and oxygen atoms in total. The fourth-order valence-corrected chi connectivity index (χ4v) is 3.21. The van der Waals surface area contributed by atoms with Crippen LogP contribution in [-0.4, -0.2) is 23.4 Å². The van der Waals surface area contributed by atoms with Crippen LogP contribution in [0.2, 0.25) is 5.02 Å². The Morgan fingerprint density at radius 2 is 2.05 bits per heavy atom. The Labute approximate surface area is 134 Å². The fraction of sp³-hybridized carbons (Fsp3) is 0.375. The molecular formula is C16H18ClN3O2. The van der Waals surface area contributed by atoms with Crippen LogP contribution >= 0.6 is 11.6 Å². The van der Waals surface area contributed by atoms with Gasteiger partial charge in [-0.2, -0.15) is 5.10 Å². The molecule has 0 aliphatic carbocycles. The van der Waals surface area contributed by atoms with Crippen molar-refractivity contribution in [2.75, 3.05) is 18.6 Å². The summed E-state index contributed by atoms with van der Waals surface area (Å²) in [5, 5.41) is 4.33. The average Bonchev–Trinajstić information content (AvgIpc) is 3.02. The highest BCUT2D eigenvalue weighted by Gasteiger charge is 2.28. The number of aryl methyl sites for hydroxylation is 1. The first-order valence-electron chi connectivity index (χ1n) is 7.24. The molecule has 0 bridgehead atoms. The molecule has 2 aromatic rings. The Hall–Kier alpha value is -2.01. The number of hydrogen-bond acceptors (Lipinski definition) is 4. The molecule has 1 aromatic carbocycles. The second kappa shape index (κ2) is 6.01. The highest BCUT2D eigenvalue weighted by molar-refractivity contribution is 6.33. The van der Waals surface area contributed by atoms with E-state index in [-0.39, 0.29) is 16.6 Å². The second-order valence-corrected chi connectivity index (χ2v) is 5.78. The van der Waals surface area contributed by atoms with Crippen LogP contribution in [-0.2, 0) is 7.05 Å². The van der Waals surface area contributed by atoms with Crippen LogP contribution in [0.4, 0.5) is 5.69 Å². The molecule has 1 atom stereocenters. The van der Waals surface area contributed by atoms with Crippen molar-refractivity contribution in [2.24, 2.45) is 7.05 Å². The Morgan fingerprint density at radius 3 is 2.73 bits per heavy atom. The van der Waals surface area contributed by atoms with Crippen LogP contribution in [0.25, 0.3) is 0 Å². The van der Waals surface area contributed by atoms with Gasteiger partial charge in [0.2, 0.25) is 0 Å². The third kappa shape index (κ3) is 2.57. The fourth-order valence-electron chi connectivity index (χ4n) is 2.93. The third-order valence-corrected chi connectivity index (χ3v) is 4.48. The lowest BCUT2D eigenvalue weighted by Gasteiger charge is -2.27. The molecule has 3 rings (SSSR count). The van der Waals surface area contributed by atoms with Crippen LogP contribution in [0.5, 0.6) is 5.75 Å². The van der Waals surface area contributed by atoms with Gasteiger partial charge in [-0.05, 0) is 30.5 Å². The summed E-state index contributed by atoms with van der Waals surface area (Å²) < 4.78 is 6.46. The molecule has 0 N–H and O–H groups in total. The molecule has 2 heterocycles. The first-order valence-corrected chi connectivity index (χ1v) is 7.62. The molecule has 1 aromatic heterocycles. The van der Waals surface area contributed by atoms with E-state index in [9.17, 15) is 4.79 Å². The van der Waals surface area contributed by atoms with Crippen LogP contribution in [0, 0.1) is 0 Å². The van der Waals surface area contributed by atoms with Gasteiger partial charge in [-0.15, -0.1) is 0 Å². The molecule has 116 valence electrons. The molecule has 6 heteroatoms. The molecule has 0 radical (unpaired) electrons. The van der Waals surface area contributed by atoms with Crippen molar-refractivity contribution in [1.82, 2.24) is 9.78 Å². The smallest absolute Gasteiger partial charge is 0.287 e. The lowest BCUT2D eigenvalue weighted by Crippen LogP contribution is -2.28. The Balaban J connectivity index is 1.96. The molecule has 0 unspecified atom stereocenters. The van der Waals surface area contributed by atoms with Crippen molar-refractivity contribution in [3.63, 3.8) is 0 Å². The zero-order chi connectivity index (χ0) is 15.7. The molecular weight excluding hydrogens is 302 g/mol. The molecule has 1 aliphatic heterocycles. The quantitative estimate of drug-likeness (QED) is 0.873. The van der Waals surface area contributed by atoms with E-state index < -0.39 is 0 Å². The number of aromatic nitrogens is 2. The molecule has 22 heavy (non-hydrogen) atoms. The Kier molecular flexibility index (Phi) is 4.07. The first kappa shape index (κ1) is 14.9. The second-order valence-electron chi connectivity index (χ2n) is 5.40. The van der Waals surface area contributed by atoms with Gasteiger partial charge in [0.25, 0.3) is 5.56 Å². The van der Waals surface area contributed by atoms with Crippen molar-refractivity contribution in [3.05, 3.63) is 51.4 Å². The lowest BCUT2D eigenvalue weighted by atomic mass is 10.0. The van der Waals surface area contributed by atoms with Gasteiger partial charge in [0, 0.05) is 13.6 Å². The van der Waals surface area contributed by atoms with Crippen molar-refractivity contribution in [2.45, 2.75) is 18.9 Å². The van der Waals surface area contributed by atoms with E-state index in [4.69, 9.17) is 16.3 Å². The minimum Gasteiger partial charge on any atom is -0.497 e. The zero-order valence-corrected chi connectivity index (χ0v) is 13.4. The van der Waals surface area contributed by atoms with Crippen LogP contribution in [0.3, 0.4) is 0 Å². The summed E-state index contributed by atoms with van der Waals surface area (Å²) in [5.74, 6) is 0.835. The Bertz CT molecular complexity index is 727. The maximum atomic E-state index is 12.0. The normalized spacial score (nSPS) is 17.8. The highest BCUT2D eigenvalue weighted by Crippen LogP contribution is 2.38. The monoisotopic (exact) mass is 319 g/mol. The minimum absolute atomic E-state index is 0.206. The largest absolute Gasteiger partial charge is 0.497 e. The standard InChI is InChI=1S/C16H18ClN3O2/c1-19-16(21)15(17)14(10-18-19)20-9-3-4-13(20)11-5-7-12(22-2)8-6-11/h5-8,10,13H,3-4,9H2,1-2H3/t13-/m1/s1. The molecule has 1 fully saturated rings. The maximum absolute atomic E-state index is 12.0. The minimum atomic E-state index is -0.264.